The van der Waals surface area contributed by atoms with Crippen molar-refractivity contribution in [2.45, 2.75) is 0 Å². The van der Waals surface area contributed by atoms with Crippen molar-refractivity contribution in [3.05, 3.63) is 53.8 Å². The lowest BCUT2D eigenvalue weighted by atomic mass is 10.1. The number of hydrogen-bond acceptors (Lipinski definition) is 3. The average molecular weight is 274 g/mol. The van der Waals surface area contributed by atoms with E-state index < -0.39 is 5.82 Å². The van der Waals surface area contributed by atoms with E-state index in [0.717, 1.165) is 0 Å². The second kappa shape index (κ2) is 5.61. The predicted octanol–water partition coefficient (Wildman–Crippen LogP) is 2.69. The SMILES string of the molecule is COc1cc(C(=O)N(C)c2ccc(N)cc2)ccc1F. The number of halogens is 1. The van der Waals surface area contributed by atoms with E-state index >= 15 is 0 Å². The fourth-order valence-electron chi connectivity index (χ4n) is 1.80. The maximum Gasteiger partial charge on any atom is 0.258 e. The van der Waals surface area contributed by atoms with Crippen LogP contribution < -0.4 is 15.4 Å². The van der Waals surface area contributed by atoms with Crippen molar-refractivity contribution in [3.63, 3.8) is 0 Å². The maximum atomic E-state index is 13.3. The molecule has 2 N–H and O–H groups in total. The summed E-state index contributed by atoms with van der Waals surface area (Å²) in [5, 5.41) is 0. The van der Waals surface area contributed by atoms with Crippen molar-refractivity contribution in [3.8, 4) is 5.75 Å². The lowest BCUT2D eigenvalue weighted by molar-refractivity contribution is 0.0992. The van der Waals surface area contributed by atoms with Gasteiger partial charge < -0.3 is 15.4 Å². The Morgan fingerprint density at radius 1 is 1.20 bits per heavy atom. The summed E-state index contributed by atoms with van der Waals surface area (Å²) in [7, 11) is 3.00. The first-order chi connectivity index (χ1) is 9.52. The fraction of sp³-hybridized carbons (Fsp3) is 0.133. The van der Waals surface area contributed by atoms with Gasteiger partial charge in [0.25, 0.3) is 5.91 Å². The van der Waals surface area contributed by atoms with E-state index in [0.29, 0.717) is 16.9 Å². The third kappa shape index (κ3) is 2.71. The molecule has 2 rings (SSSR count). The average Bonchev–Trinajstić information content (AvgIpc) is 2.47. The molecular weight excluding hydrogens is 259 g/mol. The van der Waals surface area contributed by atoms with Crippen LogP contribution in [0.2, 0.25) is 0 Å². The molecule has 0 unspecified atom stereocenters. The van der Waals surface area contributed by atoms with Crippen LogP contribution in [0.1, 0.15) is 10.4 Å². The molecule has 0 heterocycles. The Labute approximate surface area is 116 Å². The van der Waals surface area contributed by atoms with Crippen LogP contribution in [-0.4, -0.2) is 20.1 Å². The Bertz CT molecular complexity index is 626. The summed E-state index contributed by atoms with van der Waals surface area (Å²) in [4.78, 5) is 13.8. The lowest BCUT2D eigenvalue weighted by Crippen LogP contribution is -2.26. The fourth-order valence-corrected chi connectivity index (χ4v) is 1.80. The van der Waals surface area contributed by atoms with Crippen LogP contribution in [0.3, 0.4) is 0 Å². The van der Waals surface area contributed by atoms with Gasteiger partial charge in [0.15, 0.2) is 11.6 Å². The summed E-state index contributed by atoms with van der Waals surface area (Å²) in [5.41, 5.74) is 7.28. The van der Waals surface area contributed by atoms with E-state index in [9.17, 15) is 9.18 Å². The highest BCUT2D eigenvalue weighted by molar-refractivity contribution is 6.06. The molecule has 0 saturated heterocycles. The Hall–Kier alpha value is -2.56. The van der Waals surface area contributed by atoms with E-state index in [2.05, 4.69) is 0 Å². The minimum absolute atomic E-state index is 0.0431. The summed E-state index contributed by atoms with van der Waals surface area (Å²) in [6.45, 7) is 0. The number of nitrogen functional groups attached to an aromatic ring is 1. The molecule has 20 heavy (non-hydrogen) atoms. The summed E-state index contributed by atoms with van der Waals surface area (Å²) < 4.78 is 18.2. The van der Waals surface area contributed by atoms with Crippen molar-refractivity contribution in [1.82, 2.24) is 0 Å². The highest BCUT2D eigenvalue weighted by Gasteiger charge is 2.15. The van der Waals surface area contributed by atoms with E-state index in [4.69, 9.17) is 10.5 Å². The smallest absolute Gasteiger partial charge is 0.258 e. The number of nitrogens with two attached hydrogens (primary N) is 1. The Balaban J connectivity index is 2.28. The van der Waals surface area contributed by atoms with Crippen molar-refractivity contribution < 1.29 is 13.9 Å². The van der Waals surface area contributed by atoms with Gasteiger partial charge in [0.05, 0.1) is 7.11 Å². The molecule has 0 atom stereocenters. The van der Waals surface area contributed by atoms with Gasteiger partial charge in [0.2, 0.25) is 0 Å². The Morgan fingerprint density at radius 2 is 1.85 bits per heavy atom. The monoisotopic (exact) mass is 274 g/mol. The van der Waals surface area contributed by atoms with Crippen molar-refractivity contribution in [1.29, 1.82) is 0 Å². The van der Waals surface area contributed by atoms with Gasteiger partial charge in [-0.3, -0.25) is 4.79 Å². The molecule has 0 aliphatic heterocycles. The molecule has 0 bridgehead atoms. The van der Waals surface area contributed by atoms with E-state index in [1.54, 1.807) is 31.3 Å². The third-order valence-electron chi connectivity index (χ3n) is 2.98. The number of carbonyl (C=O) groups is 1. The van der Waals surface area contributed by atoms with Gasteiger partial charge in [-0.25, -0.2) is 4.39 Å². The molecule has 104 valence electrons. The standard InChI is InChI=1S/C15H15FN2O2/c1-18(12-6-4-11(17)5-7-12)15(19)10-3-8-13(16)14(9-10)20-2/h3-9H,17H2,1-2H3. The zero-order chi connectivity index (χ0) is 14.7. The van der Waals surface area contributed by atoms with Crippen LogP contribution in [0.4, 0.5) is 15.8 Å². The van der Waals surface area contributed by atoms with Gasteiger partial charge in [0.1, 0.15) is 0 Å². The Kier molecular flexibility index (Phi) is 3.89. The van der Waals surface area contributed by atoms with Gasteiger partial charge >= 0.3 is 0 Å². The van der Waals surface area contributed by atoms with Gasteiger partial charge in [-0.2, -0.15) is 0 Å². The van der Waals surface area contributed by atoms with Crippen molar-refractivity contribution in [2.75, 3.05) is 24.8 Å². The third-order valence-corrected chi connectivity index (χ3v) is 2.98. The molecule has 0 saturated carbocycles. The number of amides is 1. The van der Waals surface area contributed by atoms with Crippen LogP contribution >= 0.6 is 0 Å². The van der Waals surface area contributed by atoms with Crippen molar-refractivity contribution >= 4 is 17.3 Å². The quantitative estimate of drug-likeness (QED) is 0.875. The first-order valence-electron chi connectivity index (χ1n) is 6.00. The molecule has 4 nitrogen and oxygen atoms in total. The summed E-state index contributed by atoms with van der Waals surface area (Å²) in [6, 6.07) is 10.9. The summed E-state index contributed by atoms with van der Waals surface area (Å²) in [5.74, 6) is -0.714. The van der Waals surface area contributed by atoms with Crippen LogP contribution in [0.25, 0.3) is 0 Å². The molecule has 5 heteroatoms. The molecule has 2 aromatic carbocycles. The normalized spacial score (nSPS) is 10.2. The summed E-state index contributed by atoms with van der Waals surface area (Å²) in [6.07, 6.45) is 0. The molecule has 0 fully saturated rings. The molecule has 2 aromatic rings. The number of benzene rings is 2. The first-order valence-corrected chi connectivity index (χ1v) is 6.00. The second-order valence-electron chi connectivity index (χ2n) is 4.31. The van der Waals surface area contributed by atoms with Gasteiger partial charge in [-0.15, -0.1) is 0 Å². The topological polar surface area (TPSA) is 55.6 Å². The molecule has 0 spiro atoms. The first kappa shape index (κ1) is 13.9. The molecule has 1 amide bonds. The lowest BCUT2D eigenvalue weighted by Gasteiger charge is -2.18. The number of hydrogen-bond donors (Lipinski definition) is 1. The zero-order valence-corrected chi connectivity index (χ0v) is 11.3. The minimum atomic E-state index is -0.501. The Morgan fingerprint density at radius 3 is 2.45 bits per heavy atom. The zero-order valence-electron chi connectivity index (χ0n) is 11.3. The number of anilines is 2. The number of ether oxygens (including phenoxy) is 1. The van der Waals surface area contributed by atoms with E-state index in [-0.39, 0.29) is 11.7 Å². The maximum absolute atomic E-state index is 13.3. The molecular formula is C15H15FN2O2. The molecule has 0 aliphatic carbocycles. The molecule has 0 radical (unpaired) electrons. The second-order valence-corrected chi connectivity index (χ2v) is 4.31. The predicted molar refractivity (Wildman–Crippen MR) is 76.5 cm³/mol. The number of carbonyl (C=O) groups excluding carboxylic acids is 1. The molecule has 0 aromatic heterocycles. The van der Waals surface area contributed by atoms with Gasteiger partial charge in [-0.1, -0.05) is 0 Å². The van der Waals surface area contributed by atoms with Crippen LogP contribution in [0.15, 0.2) is 42.5 Å². The summed E-state index contributed by atoms with van der Waals surface area (Å²) >= 11 is 0. The van der Waals surface area contributed by atoms with Gasteiger partial charge in [0, 0.05) is 24.0 Å². The van der Waals surface area contributed by atoms with Crippen LogP contribution in [-0.2, 0) is 0 Å². The van der Waals surface area contributed by atoms with Crippen LogP contribution in [0.5, 0.6) is 5.75 Å². The largest absolute Gasteiger partial charge is 0.494 e. The van der Waals surface area contributed by atoms with E-state index in [1.807, 2.05) is 0 Å². The van der Waals surface area contributed by atoms with Crippen molar-refractivity contribution in [2.24, 2.45) is 0 Å². The molecule has 0 aliphatic rings. The van der Waals surface area contributed by atoms with Crippen LogP contribution in [0, 0.1) is 5.82 Å². The van der Waals surface area contributed by atoms with Gasteiger partial charge in [-0.05, 0) is 42.5 Å². The minimum Gasteiger partial charge on any atom is -0.494 e. The number of rotatable bonds is 3. The highest BCUT2D eigenvalue weighted by Crippen LogP contribution is 2.21. The highest BCUT2D eigenvalue weighted by atomic mass is 19.1. The van der Waals surface area contributed by atoms with E-state index in [1.165, 1.54) is 30.2 Å². The number of methoxy groups -OCH3 is 1. The number of nitrogens with zero attached hydrogens (tertiary/aromatic N) is 1.